The fourth-order valence-electron chi connectivity index (χ4n) is 3.68. The van der Waals surface area contributed by atoms with Crippen LogP contribution in [0.4, 0.5) is 0 Å². The van der Waals surface area contributed by atoms with Crippen molar-refractivity contribution in [2.75, 3.05) is 39.9 Å². The number of hydrogen-bond donors (Lipinski definition) is 1. The molecule has 2 rings (SSSR count). The van der Waals surface area contributed by atoms with Gasteiger partial charge in [0.1, 0.15) is 0 Å². The van der Waals surface area contributed by atoms with Gasteiger partial charge in [-0.15, -0.1) is 0 Å². The maximum atomic E-state index is 5.36. The number of methoxy groups -OCH3 is 1. The minimum absolute atomic E-state index is 0.206. The van der Waals surface area contributed by atoms with Crippen LogP contribution in [0.15, 0.2) is 0 Å². The average Bonchev–Trinajstić information content (AvgIpc) is 2.77. The molecule has 2 saturated heterocycles. The van der Waals surface area contributed by atoms with Crippen molar-refractivity contribution in [3.05, 3.63) is 0 Å². The zero-order valence-electron chi connectivity index (χ0n) is 11.7. The summed E-state index contributed by atoms with van der Waals surface area (Å²) in [5, 5.41) is 3.64. The molecule has 0 radical (unpaired) electrons. The largest absolute Gasteiger partial charge is 0.383 e. The Morgan fingerprint density at radius 3 is 2.82 bits per heavy atom. The third-order valence-electron chi connectivity index (χ3n) is 4.67. The second kappa shape index (κ2) is 5.68. The SMILES string of the molecule is CCN1CCC(C2CCNC(C)(COC)C2)C1. The highest BCUT2D eigenvalue weighted by Gasteiger charge is 2.37. The molecular formula is C14H28N2O. The molecule has 0 aromatic rings. The molecule has 0 aromatic heterocycles. The van der Waals surface area contributed by atoms with Crippen LogP contribution in [-0.4, -0.2) is 50.3 Å². The van der Waals surface area contributed by atoms with E-state index in [1.807, 2.05) is 7.11 Å². The first-order chi connectivity index (χ1) is 8.17. The highest BCUT2D eigenvalue weighted by Crippen LogP contribution is 2.35. The van der Waals surface area contributed by atoms with Gasteiger partial charge in [-0.05, 0) is 57.7 Å². The number of nitrogens with one attached hydrogen (secondary N) is 1. The van der Waals surface area contributed by atoms with Crippen LogP contribution >= 0.6 is 0 Å². The molecule has 0 bridgehead atoms. The van der Waals surface area contributed by atoms with Crippen LogP contribution in [0.25, 0.3) is 0 Å². The number of hydrogen-bond acceptors (Lipinski definition) is 3. The van der Waals surface area contributed by atoms with E-state index < -0.39 is 0 Å². The van der Waals surface area contributed by atoms with Gasteiger partial charge in [0.2, 0.25) is 0 Å². The van der Waals surface area contributed by atoms with E-state index in [1.54, 1.807) is 0 Å². The van der Waals surface area contributed by atoms with Crippen LogP contribution in [0, 0.1) is 11.8 Å². The smallest absolute Gasteiger partial charge is 0.0641 e. The summed E-state index contributed by atoms with van der Waals surface area (Å²) in [7, 11) is 1.81. The van der Waals surface area contributed by atoms with Crippen molar-refractivity contribution in [1.29, 1.82) is 0 Å². The van der Waals surface area contributed by atoms with Gasteiger partial charge >= 0.3 is 0 Å². The van der Waals surface area contributed by atoms with Gasteiger partial charge in [0.05, 0.1) is 6.61 Å². The van der Waals surface area contributed by atoms with Crippen LogP contribution in [0.5, 0.6) is 0 Å². The Balaban J connectivity index is 1.89. The number of nitrogens with zero attached hydrogens (tertiary/aromatic N) is 1. The summed E-state index contributed by atoms with van der Waals surface area (Å²) >= 11 is 0. The molecule has 2 fully saturated rings. The van der Waals surface area contributed by atoms with Crippen molar-refractivity contribution in [3.63, 3.8) is 0 Å². The number of piperidine rings is 1. The van der Waals surface area contributed by atoms with Gasteiger partial charge < -0.3 is 15.0 Å². The maximum Gasteiger partial charge on any atom is 0.0641 e. The summed E-state index contributed by atoms with van der Waals surface area (Å²) in [6, 6.07) is 0. The Hall–Kier alpha value is -0.120. The Bertz CT molecular complexity index is 242. The third-order valence-corrected chi connectivity index (χ3v) is 4.67. The molecule has 3 atom stereocenters. The molecule has 0 amide bonds. The fourth-order valence-corrected chi connectivity index (χ4v) is 3.68. The first-order valence-electron chi connectivity index (χ1n) is 7.13. The molecule has 0 spiro atoms. The lowest BCUT2D eigenvalue weighted by Crippen LogP contribution is -2.53. The molecule has 17 heavy (non-hydrogen) atoms. The standard InChI is InChI=1S/C14H28N2O/c1-4-16-8-6-13(10-16)12-5-7-15-14(2,9-12)11-17-3/h12-13,15H,4-11H2,1-3H3. The van der Waals surface area contributed by atoms with Crippen molar-refractivity contribution in [2.45, 2.75) is 38.6 Å². The third kappa shape index (κ3) is 3.21. The highest BCUT2D eigenvalue weighted by atomic mass is 16.5. The second-order valence-corrected chi connectivity index (χ2v) is 6.12. The van der Waals surface area contributed by atoms with Gasteiger partial charge in [0.15, 0.2) is 0 Å². The monoisotopic (exact) mass is 240 g/mol. The van der Waals surface area contributed by atoms with Gasteiger partial charge in [0.25, 0.3) is 0 Å². The molecule has 2 aliphatic heterocycles. The van der Waals surface area contributed by atoms with E-state index in [4.69, 9.17) is 4.74 Å². The lowest BCUT2D eigenvalue weighted by Gasteiger charge is -2.41. The molecule has 3 nitrogen and oxygen atoms in total. The fraction of sp³-hybridized carbons (Fsp3) is 1.00. The van der Waals surface area contributed by atoms with Crippen molar-refractivity contribution in [1.82, 2.24) is 10.2 Å². The van der Waals surface area contributed by atoms with Gasteiger partial charge in [-0.1, -0.05) is 6.92 Å². The second-order valence-electron chi connectivity index (χ2n) is 6.12. The van der Waals surface area contributed by atoms with E-state index in [0.717, 1.165) is 25.0 Å². The minimum Gasteiger partial charge on any atom is -0.383 e. The van der Waals surface area contributed by atoms with E-state index >= 15 is 0 Å². The zero-order chi connectivity index (χ0) is 12.3. The summed E-state index contributed by atoms with van der Waals surface area (Å²) in [4.78, 5) is 2.60. The molecule has 100 valence electrons. The van der Waals surface area contributed by atoms with E-state index in [-0.39, 0.29) is 5.54 Å². The topological polar surface area (TPSA) is 24.5 Å². The van der Waals surface area contributed by atoms with Crippen LogP contribution < -0.4 is 5.32 Å². The molecule has 0 saturated carbocycles. The Morgan fingerprint density at radius 2 is 2.18 bits per heavy atom. The molecule has 2 heterocycles. The number of ether oxygens (including phenoxy) is 1. The predicted octanol–water partition coefficient (Wildman–Crippen LogP) is 1.73. The van der Waals surface area contributed by atoms with Crippen molar-refractivity contribution in [3.8, 4) is 0 Å². The van der Waals surface area contributed by atoms with E-state index in [0.29, 0.717) is 0 Å². The number of rotatable bonds is 4. The summed E-state index contributed by atoms with van der Waals surface area (Å²) in [5.74, 6) is 1.82. The van der Waals surface area contributed by atoms with E-state index in [2.05, 4.69) is 24.1 Å². The van der Waals surface area contributed by atoms with Crippen molar-refractivity contribution < 1.29 is 4.74 Å². The Morgan fingerprint density at radius 1 is 1.35 bits per heavy atom. The van der Waals surface area contributed by atoms with Gasteiger partial charge in [0, 0.05) is 19.2 Å². The van der Waals surface area contributed by atoms with Crippen LogP contribution in [0.2, 0.25) is 0 Å². The molecule has 2 aliphatic rings. The van der Waals surface area contributed by atoms with E-state index in [1.165, 1.54) is 38.9 Å². The molecular weight excluding hydrogens is 212 g/mol. The first-order valence-corrected chi connectivity index (χ1v) is 7.13. The lowest BCUT2D eigenvalue weighted by atomic mass is 9.76. The average molecular weight is 240 g/mol. The van der Waals surface area contributed by atoms with Crippen LogP contribution in [-0.2, 0) is 4.74 Å². The van der Waals surface area contributed by atoms with Crippen molar-refractivity contribution >= 4 is 0 Å². The molecule has 3 unspecified atom stereocenters. The summed E-state index contributed by atoms with van der Waals surface area (Å²) < 4.78 is 5.36. The van der Waals surface area contributed by atoms with Crippen molar-refractivity contribution in [2.24, 2.45) is 11.8 Å². The maximum absolute atomic E-state index is 5.36. The lowest BCUT2D eigenvalue weighted by molar-refractivity contribution is 0.0693. The molecule has 1 N–H and O–H groups in total. The summed E-state index contributed by atoms with van der Waals surface area (Å²) in [6.07, 6.45) is 4.03. The molecule has 0 aliphatic carbocycles. The Labute approximate surface area is 106 Å². The normalized spacial score (nSPS) is 39.7. The van der Waals surface area contributed by atoms with Crippen LogP contribution in [0.1, 0.15) is 33.1 Å². The van der Waals surface area contributed by atoms with E-state index in [9.17, 15) is 0 Å². The first kappa shape index (κ1) is 13.3. The van der Waals surface area contributed by atoms with Gasteiger partial charge in [-0.2, -0.15) is 0 Å². The quantitative estimate of drug-likeness (QED) is 0.810. The van der Waals surface area contributed by atoms with Gasteiger partial charge in [-0.3, -0.25) is 0 Å². The summed E-state index contributed by atoms with van der Waals surface area (Å²) in [5.41, 5.74) is 0.206. The molecule has 3 heteroatoms. The highest BCUT2D eigenvalue weighted by molar-refractivity contribution is 4.94. The molecule has 0 aromatic carbocycles. The number of likely N-dealkylation sites (tertiary alicyclic amines) is 1. The van der Waals surface area contributed by atoms with Gasteiger partial charge in [-0.25, -0.2) is 0 Å². The predicted molar refractivity (Wildman–Crippen MR) is 71.2 cm³/mol. The van der Waals surface area contributed by atoms with Crippen LogP contribution in [0.3, 0.4) is 0 Å². The minimum atomic E-state index is 0.206. The summed E-state index contributed by atoms with van der Waals surface area (Å²) in [6.45, 7) is 10.4. The Kier molecular flexibility index (Phi) is 4.45. The zero-order valence-corrected chi connectivity index (χ0v) is 11.7.